The molecule has 0 fully saturated rings. The molecule has 0 bridgehead atoms. The second-order valence-corrected chi connectivity index (χ2v) is 7.82. The summed E-state index contributed by atoms with van der Waals surface area (Å²) >= 11 is 1.32. The minimum absolute atomic E-state index is 0.231. The second-order valence-electron chi connectivity index (χ2n) is 6.96. The van der Waals surface area contributed by atoms with Gasteiger partial charge in [-0.3, -0.25) is 19.9 Å². The van der Waals surface area contributed by atoms with Crippen molar-refractivity contribution < 1.29 is 4.79 Å². The van der Waals surface area contributed by atoms with E-state index in [4.69, 9.17) is 0 Å². The summed E-state index contributed by atoms with van der Waals surface area (Å²) in [5.74, 6) is -0.368. The van der Waals surface area contributed by atoms with Crippen LogP contribution in [0, 0.1) is 13.8 Å². The van der Waals surface area contributed by atoms with Gasteiger partial charge in [-0.2, -0.15) is 0 Å². The van der Waals surface area contributed by atoms with Gasteiger partial charge in [0.2, 0.25) is 0 Å². The highest BCUT2D eigenvalue weighted by Crippen LogP contribution is 2.24. The van der Waals surface area contributed by atoms with E-state index in [0.717, 1.165) is 22.5 Å². The lowest BCUT2D eigenvalue weighted by Crippen LogP contribution is -2.22. The van der Waals surface area contributed by atoms with Crippen LogP contribution in [0.3, 0.4) is 0 Å². The Hall–Kier alpha value is -3.58. The monoisotopic (exact) mass is 416 g/mol. The number of pyridine rings is 2. The van der Waals surface area contributed by atoms with Gasteiger partial charge in [0, 0.05) is 28.9 Å². The minimum Gasteiger partial charge on any atom is -0.311 e. The maximum Gasteiger partial charge on any atom is 0.257 e. The maximum atomic E-state index is 12.6. The molecular weight excluding hydrogens is 396 g/mol. The molecule has 0 aliphatic carbocycles. The summed E-state index contributed by atoms with van der Waals surface area (Å²) in [6.45, 7) is 4.42. The third-order valence-electron chi connectivity index (χ3n) is 4.79. The zero-order chi connectivity index (χ0) is 21.1. The van der Waals surface area contributed by atoms with Crippen LogP contribution in [0.1, 0.15) is 27.2 Å². The Balaban J connectivity index is 1.48. The molecule has 150 valence electrons. The average Bonchev–Trinajstić information content (AvgIpc) is 3.20. The number of aromatic nitrogens is 3. The molecule has 0 spiro atoms. The molecule has 30 heavy (non-hydrogen) atoms. The summed E-state index contributed by atoms with van der Waals surface area (Å²) in [5.41, 5.74) is 4.62. The number of aryl methyl sites for hydroxylation is 2. The molecule has 0 unspecified atom stereocenters. The van der Waals surface area contributed by atoms with Gasteiger partial charge >= 0.3 is 0 Å². The lowest BCUT2D eigenvalue weighted by atomic mass is 10.2. The SMILES string of the molecule is Cc1ccc(-c2csc(NC(=O)c3ccn(Cc4ccccc4)c(=O)c3)n2)nc1C. The molecule has 6 nitrogen and oxygen atoms in total. The standard InChI is InChI=1S/C23H20N4O2S/c1-15-8-9-19(24-16(15)2)20-14-30-23(25-20)26-22(29)18-10-11-27(21(28)12-18)13-17-6-4-3-5-7-17/h3-12,14H,13H2,1-2H3,(H,25,26,29). The fourth-order valence-corrected chi connectivity index (χ4v) is 3.65. The van der Waals surface area contributed by atoms with Crippen molar-refractivity contribution in [2.24, 2.45) is 0 Å². The van der Waals surface area contributed by atoms with Gasteiger partial charge in [0.15, 0.2) is 5.13 Å². The fourth-order valence-electron chi connectivity index (χ4n) is 2.95. The summed E-state index contributed by atoms with van der Waals surface area (Å²) in [7, 11) is 0. The summed E-state index contributed by atoms with van der Waals surface area (Å²) in [4.78, 5) is 34.0. The first-order valence-corrected chi connectivity index (χ1v) is 10.3. The molecule has 1 amide bonds. The van der Waals surface area contributed by atoms with E-state index >= 15 is 0 Å². The molecule has 7 heteroatoms. The minimum atomic E-state index is -0.368. The molecule has 4 rings (SSSR count). The predicted octanol–water partition coefficient (Wildman–Crippen LogP) is 4.28. The highest BCUT2D eigenvalue weighted by Gasteiger charge is 2.12. The molecular formula is C23H20N4O2S. The van der Waals surface area contributed by atoms with Gasteiger partial charge in [-0.1, -0.05) is 36.4 Å². The maximum absolute atomic E-state index is 12.6. The Morgan fingerprint density at radius 3 is 2.57 bits per heavy atom. The molecule has 1 aromatic carbocycles. The number of rotatable bonds is 5. The summed E-state index contributed by atoms with van der Waals surface area (Å²) in [6.07, 6.45) is 1.64. The van der Waals surface area contributed by atoms with Crippen LogP contribution < -0.4 is 10.9 Å². The lowest BCUT2D eigenvalue weighted by molar-refractivity contribution is 0.102. The smallest absolute Gasteiger partial charge is 0.257 e. The van der Waals surface area contributed by atoms with Crippen LogP contribution in [0.15, 0.2) is 71.0 Å². The summed E-state index contributed by atoms with van der Waals surface area (Å²) in [5, 5.41) is 5.08. The Morgan fingerprint density at radius 2 is 1.83 bits per heavy atom. The molecule has 0 aliphatic rings. The zero-order valence-electron chi connectivity index (χ0n) is 16.6. The molecule has 3 heterocycles. The molecule has 4 aromatic rings. The van der Waals surface area contributed by atoms with Gasteiger partial charge in [-0.15, -0.1) is 11.3 Å². The first-order valence-electron chi connectivity index (χ1n) is 9.45. The molecule has 0 aliphatic heterocycles. The van der Waals surface area contributed by atoms with Crippen LogP contribution in [0.5, 0.6) is 0 Å². The second kappa shape index (κ2) is 8.42. The summed E-state index contributed by atoms with van der Waals surface area (Å²) in [6, 6.07) is 16.6. The average molecular weight is 417 g/mol. The molecule has 0 atom stereocenters. The first-order chi connectivity index (χ1) is 14.5. The largest absolute Gasteiger partial charge is 0.311 e. The van der Waals surface area contributed by atoms with Crippen LogP contribution in [0.4, 0.5) is 5.13 Å². The quantitative estimate of drug-likeness (QED) is 0.527. The van der Waals surface area contributed by atoms with Gasteiger partial charge in [-0.25, -0.2) is 4.98 Å². The van der Waals surface area contributed by atoms with E-state index < -0.39 is 0 Å². The van der Waals surface area contributed by atoms with E-state index in [2.05, 4.69) is 15.3 Å². The highest BCUT2D eigenvalue weighted by molar-refractivity contribution is 7.14. The van der Waals surface area contributed by atoms with Crippen molar-refractivity contribution in [2.75, 3.05) is 5.32 Å². The van der Waals surface area contributed by atoms with Crippen molar-refractivity contribution in [3.05, 3.63) is 98.9 Å². The number of nitrogens with one attached hydrogen (secondary N) is 1. The van der Waals surface area contributed by atoms with E-state index in [1.54, 1.807) is 16.8 Å². The molecule has 0 saturated carbocycles. The fraction of sp³-hybridized carbons (Fsp3) is 0.130. The van der Waals surface area contributed by atoms with E-state index in [0.29, 0.717) is 22.9 Å². The number of hydrogen-bond donors (Lipinski definition) is 1. The van der Waals surface area contributed by atoms with Crippen LogP contribution in [-0.2, 0) is 6.54 Å². The number of hydrogen-bond acceptors (Lipinski definition) is 5. The molecule has 3 aromatic heterocycles. The number of thiazole rings is 1. The number of benzene rings is 1. The number of anilines is 1. The summed E-state index contributed by atoms with van der Waals surface area (Å²) < 4.78 is 1.57. The van der Waals surface area contributed by atoms with Gasteiger partial charge in [0.1, 0.15) is 5.69 Å². The molecule has 0 radical (unpaired) electrons. The Kier molecular flexibility index (Phi) is 5.54. The van der Waals surface area contributed by atoms with E-state index in [1.165, 1.54) is 17.4 Å². The van der Waals surface area contributed by atoms with Gasteiger partial charge in [0.25, 0.3) is 11.5 Å². The number of carbonyl (C=O) groups excluding carboxylic acids is 1. The highest BCUT2D eigenvalue weighted by atomic mass is 32.1. The Bertz CT molecular complexity index is 1260. The van der Waals surface area contributed by atoms with Gasteiger partial charge in [-0.05, 0) is 37.1 Å². The Labute approximate surface area is 177 Å². The van der Waals surface area contributed by atoms with Gasteiger partial charge in [0.05, 0.1) is 12.2 Å². The van der Waals surface area contributed by atoms with Crippen LogP contribution in [0.25, 0.3) is 11.4 Å². The zero-order valence-corrected chi connectivity index (χ0v) is 17.4. The van der Waals surface area contributed by atoms with Crippen LogP contribution in [-0.4, -0.2) is 20.4 Å². The van der Waals surface area contributed by atoms with Crippen LogP contribution in [0.2, 0.25) is 0 Å². The molecule has 0 saturated heterocycles. The first kappa shape index (κ1) is 19.7. The number of amides is 1. The van der Waals surface area contributed by atoms with Crippen molar-refractivity contribution in [1.29, 1.82) is 0 Å². The third kappa shape index (κ3) is 4.36. The topological polar surface area (TPSA) is 76.9 Å². The van der Waals surface area contributed by atoms with E-state index in [-0.39, 0.29) is 11.5 Å². The van der Waals surface area contributed by atoms with Gasteiger partial charge < -0.3 is 4.57 Å². The van der Waals surface area contributed by atoms with E-state index in [1.807, 2.05) is 61.7 Å². The van der Waals surface area contributed by atoms with Crippen molar-refractivity contribution in [3.63, 3.8) is 0 Å². The predicted molar refractivity (Wildman–Crippen MR) is 119 cm³/mol. The third-order valence-corrected chi connectivity index (χ3v) is 5.55. The van der Waals surface area contributed by atoms with Crippen molar-refractivity contribution in [3.8, 4) is 11.4 Å². The number of carbonyl (C=O) groups is 1. The molecule has 1 N–H and O–H groups in total. The van der Waals surface area contributed by atoms with Crippen molar-refractivity contribution in [2.45, 2.75) is 20.4 Å². The van der Waals surface area contributed by atoms with E-state index in [9.17, 15) is 9.59 Å². The van der Waals surface area contributed by atoms with Crippen molar-refractivity contribution in [1.82, 2.24) is 14.5 Å². The lowest BCUT2D eigenvalue weighted by Gasteiger charge is -2.07. The number of nitrogens with zero attached hydrogens (tertiary/aromatic N) is 3. The van der Waals surface area contributed by atoms with Crippen molar-refractivity contribution >= 4 is 22.4 Å². The normalized spacial score (nSPS) is 10.7. The van der Waals surface area contributed by atoms with Crippen LogP contribution >= 0.6 is 11.3 Å². The Morgan fingerprint density at radius 1 is 1.03 bits per heavy atom.